The first-order valence-corrected chi connectivity index (χ1v) is 11.5. The first-order valence-electron chi connectivity index (χ1n) is 9.58. The fourth-order valence-corrected chi connectivity index (χ4v) is 3.94. The van der Waals surface area contributed by atoms with E-state index in [9.17, 15) is 22.4 Å². The van der Waals surface area contributed by atoms with Gasteiger partial charge in [-0.25, -0.2) is 17.8 Å². The number of anilines is 1. The van der Waals surface area contributed by atoms with E-state index < -0.39 is 33.8 Å². The molecule has 31 heavy (non-hydrogen) atoms. The number of amides is 1. The van der Waals surface area contributed by atoms with Gasteiger partial charge in [0.15, 0.2) is 0 Å². The normalized spacial score (nSPS) is 16.1. The standard InChI is InChI=1S/C21H22FN3O5S/c1-31(29,30)24-15-7-4-6-14(12-15)18-13-19(16-8-2-3-9-17(16)22)25(23-18)20(26)10-5-11-21(27)28/h2-4,6-9,12,19,24H,5,10-11,13H2,1H3,(H,27,28)/t19-/m1/s1. The molecule has 0 fully saturated rings. The molecule has 1 heterocycles. The highest BCUT2D eigenvalue weighted by Gasteiger charge is 2.34. The number of benzene rings is 2. The summed E-state index contributed by atoms with van der Waals surface area (Å²) in [4.78, 5) is 23.5. The molecule has 164 valence electrons. The van der Waals surface area contributed by atoms with Crippen LogP contribution in [0, 0.1) is 5.82 Å². The van der Waals surface area contributed by atoms with Crippen molar-refractivity contribution in [3.05, 3.63) is 65.5 Å². The zero-order valence-electron chi connectivity index (χ0n) is 16.8. The van der Waals surface area contributed by atoms with Gasteiger partial charge in [-0.1, -0.05) is 30.3 Å². The maximum atomic E-state index is 14.5. The predicted octanol–water partition coefficient (Wildman–Crippen LogP) is 3.13. The SMILES string of the molecule is CS(=O)(=O)Nc1cccc(C2=NN(C(=O)CCCC(=O)O)[C@@H](c3ccccc3F)C2)c1. The Morgan fingerprint density at radius 1 is 1.19 bits per heavy atom. The van der Waals surface area contributed by atoms with Crippen LogP contribution in [0.1, 0.15) is 42.9 Å². The minimum atomic E-state index is -3.47. The van der Waals surface area contributed by atoms with Gasteiger partial charge in [-0.3, -0.25) is 14.3 Å². The first-order chi connectivity index (χ1) is 14.6. The number of rotatable bonds is 8. The van der Waals surface area contributed by atoms with E-state index >= 15 is 0 Å². The van der Waals surface area contributed by atoms with Crippen LogP contribution in [0.25, 0.3) is 0 Å². The van der Waals surface area contributed by atoms with Gasteiger partial charge in [0.05, 0.1) is 18.0 Å². The highest BCUT2D eigenvalue weighted by atomic mass is 32.2. The van der Waals surface area contributed by atoms with Gasteiger partial charge in [-0.15, -0.1) is 0 Å². The van der Waals surface area contributed by atoms with Crippen molar-refractivity contribution >= 4 is 33.3 Å². The number of carbonyl (C=O) groups is 2. The Morgan fingerprint density at radius 3 is 2.61 bits per heavy atom. The van der Waals surface area contributed by atoms with Crippen molar-refractivity contribution < 1.29 is 27.5 Å². The average molecular weight is 447 g/mol. The molecule has 3 rings (SSSR count). The number of sulfonamides is 1. The molecule has 0 spiro atoms. The fraction of sp³-hybridized carbons (Fsp3) is 0.286. The van der Waals surface area contributed by atoms with Crippen molar-refractivity contribution in [1.82, 2.24) is 5.01 Å². The minimum Gasteiger partial charge on any atom is -0.481 e. The van der Waals surface area contributed by atoms with Gasteiger partial charge in [0.2, 0.25) is 15.9 Å². The summed E-state index contributed by atoms with van der Waals surface area (Å²) in [5.74, 6) is -1.88. The second kappa shape index (κ2) is 9.25. The van der Waals surface area contributed by atoms with Crippen molar-refractivity contribution in [2.45, 2.75) is 31.7 Å². The molecule has 0 saturated heterocycles. The summed E-state index contributed by atoms with van der Waals surface area (Å²) in [5, 5.41) is 14.4. The summed E-state index contributed by atoms with van der Waals surface area (Å²) < 4.78 is 39.9. The molecule has 1 amide bonds. The summed E-state index contributed by atoms with van der Waals surface area (Å²) in [6.07, 6.45) is 1.23. The van der Waals surface area contributed by atoms with Gasteiger partial charge < -0.3 is 5.11 Å². The highest BCUT2D eigenvalue weighted by molar-refractivity contribution is 7.92. The number of halogens is 1. The number of carboxylic acids is 1. The summed E-state index contributed by atoms with van der Waals surface area (Å²) in [7, 11) is -3.47. The topological polar surface area (TPSA) is 116 Å². The number of hydrazone groups is 1. The molecular weight excluding hydrogens is 425 g/mol. The Labute approximate surface area is 179 Å². The number of carbonyl (C=O) groups excluding carboxylic acids is 1. The number of carboxylic acid groups (broad SMARTS) is 1. The third kappa shape index (κ3) is 5.88. The maximum Gasteiger partial charge on any atom is 0.303 e. The molecule has 0 radical (unpaired) electrons. The van der Waals surface area contributed by atoms with Crippen LogP contribution >= 0.6 is 0 Å². The number of nitrogens with zero attached hydrogens (tertiary/aromatic N) is 2. The molecule has 0 aliphatic carbocycles. The Morgan fingerprint density at radius 2 is 1.94 bits per heavy atom. The predicted molar refractivity (Wildman–Crippen MR) is 114 cm³/mol. The molecule has 0 aromatic heterocycles. The molecule has 1 aliphatic heterocycles. The molecule has 8 nitrogen and oxygen atoms in total. The molecule has 1 atom stereocenters. The number of hydrogen-bond acceptors (Lipinski definition) is 5. The second-order valence-corrected chi connectivity index (χ2v) is 8.98. The van der Waals surface area contributed by atoms with Crippen molar-refractivity contribution in [3.8, 4) is 0 Å². The lowest BCUT2D eigenvalue weighted by Crippen LogP contribution is -2.27. The fourth-order valence-electron chi connectivity index (χ4n) is 3.38. The monoisotopic (exact) mass is 447 g/mol. The van der Waals surface area contributed by atoms with Crippen LogP contribution in [0.2, 0.25) is 0 Å². The Hall–Kier alpha value is -3.27. The van der Waals surface area contributed by atoms with Gasteiger partial charge in [-0.2, -0.15) is 5.10 Å². The summed E-state index contributed by atoms with van der Waals surface area (Å²) in [6, 6.07) is 12.0. The van der Waals surface area contributed by atoms with E-state index in [1.807, 2.05) is 0 Å². The zero-order valence-corrected chi connectivity index (χ0v) is 17.6. The van der Waals surface area contributed by atoms with Gasteiger partial charge in [0.1, 0.15) is 5.82 Å². The molecule has 1 aliphatic rings. The van der Waals surface area contributed by atoms with E-state index in [2.05, 4.69) is 9.82 Å². The lowest BCUT2D eigenvalue weighted by atomic mass is 9.97. The maximum absolute atomic E-state index is 14.5. The van der Waals surface area contributed by atoms with Crippen molar-refractivity contribution in [2.75, 3.05) is 11.0 Å². The zero-order chi connectivity index (χ0) is 22.6. The van der Waals surface area contributed by atoms with E-state index in [0.29, 0.717) is 22.5 Å². The lowest BCUT2D eigenvalue weighted by molar-refractivity contribution is -0.137. The first kappa shape index (κ1) is 22.4. The van der Waals surface area contributed by atoms with Crippen molar-refractivity contribution in [3.63, 3.8) is 0 Å². The Bertz CT molecular complexity index is 1130. The minimum absolute atomic E-state index is 0.0380. The van der Waals surface area contributed by atoms with Crippen LogP contribution in [0.4, 0.5) is 10.1 Å². The van der Waals surface area contributed by atoms with Crippen LogP contribution in [-0.4, -0.2) is 42.4 Å². The van der Waals surface area contributed by atoms with Gasteiger partial charge in [-0.05, 0) is 30.2 Å². The molecule has 2 N–H and O–H groups in total. The second-order valence-electron chi connectivity index (χ2n) is 7.23. The molecule has 2 aromatic carbocycles. The number of nitrogens with one attached hydrogen (secondary N) is 1. The van der Waals surface area contributed by atoms with Crippen molar-refractivity contribution in [2.24, 2.45) is 5.10 Å². The largest absolute Gasteiger partial charge is 0.481 e. The Kier molecular flexibility index (Phi) is 6.69. The van der Waals surface area contributed by atoms with E-state index in [0.717, 1.165) is 6.26 Å². The summed E-state index contributed by atoms with van der Waals surface area (Å²) >= 11 is 0. The lowest BCUT2D eigenvalue weighted by Gasteiger charge is -2.22. The third-order valence-electron chi connectivity index (χ3n) is 4.71. The highest BCUT2D eigenvalue weighted by Crippen LogP contribution is 2.35. The van der Waals surface area contributed by atoms with Crippen molar-refractivity contribution in [1.29, 1.82) is 0 Å². The van der Waals surface area contributed by atoms with E-state index in [-0.39, 0.29) is 25.7 Å². The molecule has 0 bridgehead atoms. The van der Waals surface area contributed by atoms with Crippen LogP contribution in [0.5, 0.6) is 0 Å². The summed E-state index contributed by atoms with van der Waals surface area (Å²) in [6.45, 7) is 0. The van der Waals surface area contributed by atoms with Crippen LogP contribution in [0.15, 0.2) is 53.6 Å². The van der Waals surface area contributed by atoms with E-state index in [4.69, 9.17) is 5.11 Å². The quantitative estimate of drug-likeness (QED) is 0.645. The van der Waals surface area contributed by atoms with Crippen LogP contribution in [-0.2, 0) is 19.6 Å². The summed E-state index contributed by atoms with van der Waals surface area (Å²) in [5.41, 5.74) is 1.74. The number of aliphatic carboxylic acids is 1. The van der Waals surface area contributed by atoms with Crippen LogP contribution < -0.4 is 4.72 Å². The molecule has 0 saturated carbocycles. The van der Waals surface area contributed by atoms with E-state index in [1.54, 1.807) is 42.5 Å². The molecule has 2 aromatic rings. The van der Waals surface area contributed by atoms with E-state index in [1.165, 1.54) is 11.1 Å². The third-order valence-corrected chi connectivity index (χ3v) is 5.32. The van der Waals surface area contributed by atoms with Gasteiger partial charge >= 0.3 is 5.97 Å². The smallest absolute Gasteiger partial charge is 0.303 e. The van der Waals surface area contributed by atoms with Crippen LogP contribution in [0.3, 0.4) is 0 Å². The van der Waals surface area contributed by atoms with Gasteiger partial charge in [0, 0.05) is 30.5 Å². The molecule has 0 unspecified atom stereocenters. The molecular formula is C21H22FN3O5S. The molecule has 10 heteroatoms. The Balaban J connectivity index is 1.91. The van der Waals surface area contributed by atoms with Gasteiger partial charge in [0.25, 0.3) is 0 Å². The number of hydrogen-bond donors (Lipinski definition) is 2. The average Bonchev–Trinajstić information content (AvgIpc) is 3.12.